The molecule has 2 amide bonds. The summed E-state index contributed by atoms with van der Waals surface area (Å²) in [6.07, 6.45) is 0. The average molecular weight is 298 g/mol. The molecule has 0 saturated carbocycles. The lowest BCUT2D eigenvalue weighted by atomic mass is 10.1. The molecule has 5 heteroatoms. The van der Waals surface area contributed by atoms with Crippen LogP contribution in [0, 0.1) is 13.8 Å². The van der Waals surface area contributed by atoms with Crippen LogP contribution in [-0.2, 0) is 0 Å². The second-order valence-electron chi connectivity index (χ2n) is 5.03. The molecule has 0 aromatic heterocycles. The molecule has 0 saturated heterocycles. The molecule has 0 aliphatic rings. The van der Waals surface area contributed by atoms with E-state index in [1.807, 2.05) is 32.0 Å². The van der Waals surface area contributed by atoms with Gasteiger partial charge in [-0.3, -0.25) is 9.59 Å². The monoisotopic (exact) mass is 298 g/mol. The summed E-state index contributed by atoms with van der Waals surface area (Å²) >= 11 is 0. The highest BCUT2D eigenvalue weighted by Crippen LogP contribution is 2.22. The Morgan fingerprint density at radius 2 is 1.77 bits per heavy atom. The normalized spacial score (nSPS) is 10.1. The fourth-order valence-corrected chi connectivity index (χ4v) is 2.06. The SMILES string of the molecule is COc1ccc(C(N)=O)cc1C(=O)Nc1ccc(C)c(C)c1. The van der Waals surface area contributed by atoms with Gasteiger partial charge >= 0.3 is 0 Å². The van der Waals surface area contributed by atoms with Gasteiger partial charge in [0.25, 0.3) is 5.91 Å². The van der Waals surface area contributed by atoms with E-state index in [1.54, 1.807) is 6.07 Å². The molecular weight excluding hydrogens is 280 g/mol. The third-order valence-electron chi connectivity index (χ3n) is 3.49. The number of carbonyl (C=O) groups excluding carboxylic acids is 2. The van der Waals surface area contributed by atoms with Crippen LogP contribution < -0.4 is 15.8 Å². The zero-order valence-corrected chi connectivity index (χ0v) is 12.8. The molecule has 0 unspecified atom stereocenters. The number of methoxy groups -OCH3 is 1. The highest BCUT2D eigenvalue weighted by Gasteiger charge is 2.15. The van der Waals surface area contributed by atoms with Crippen molar-refractivity contribution >= 4 is 17.5 Å². The molecule has 0 spiro atoms. The fourth-order valence-electron chi connectivity index (χ4n) is 2.06. The first-order chi connectivity index (χ1) is 10.4. The zero-order chi connectivity index (χ0) is 16.3. The summed E-state index contributed by atoms with van der Waals surface area (Å²) in [4.78, 5) is 23.7. The van der Waals surface area contributed by atoms with E-state index in [0.717, 1.165) is 11.1 Å². The number of hydrogen-bond acceptors (Lipinski definition) is 3. The number of amides is 2. The maximum absolute atomic E-state index is 12.4. The zero-order valence-electron chi connectivity index (χ0n) is 12.8. The Labute approximate surface area is 129 Å². The topological polar surface area (TPSA) is 81.4 Å². The predicted molar refractivity (Wildman–Crippen MR) is 85.4 cm³/mol. The van der Waals surface area contributed by atoms with Crippen molar-refractivity contribution in [2.24, 2.45) is 5.73 Å². The Kier molecular flexibility index (Phi) is 4.46. The van der Waals surface area contributed by atoms with Crippen molar-refractivity contribution in [3.8, 4) is 5.75 Å². The molecule has 0 fully saturated rings. The van der Waals surface area contributed by atoms with Gasteiger partial charge in [0.2, 0.25) is 5.91 Å². The number of nitrogens with one attached hydrogen (secondary N) is 1. The highest BCUT2D eigenvalue weighted by molar-refractivity contribution is 6.08. The first kappa shape index (κ1) is 15.6. The lowest BCUT2D eigenvalue weighted by Crippen LogP contribution is -2.16. The minimum Gasteiger partial charge on any atom is -0.496 e. The third kappa shape index (κ3) is 3.25. The van der Waals surface area contributed by atoms with Gasteiger partial charge in [0.05, 0.1) is 12.7 Å². The van der Waals surface area contributed by atoms with Crippen molar-refractivity contribution in [3.63, 3.8) is 0 Å². The first-order valence-electron chi connectivity index (χ1n) is 6.79. The molecule has 114 valence electrons. The summed E-state index contributed by atoms with van der Waals surface area (Å²) < 4.78 is 5.17. The third-order valence-corrected chi connectivity index (χ3v) is 3.49. The molecule has 0 aliphatic heterocycles. The van der Waals surface area contributed by atoms with Gasteiger partial charge < -0.3 is 15.8 Å². The number of benzene rings is 2. The van der Waals surface area contributed by atoms with Gasteiger partial charge in [0, 0.05) is 11.3 Å². The number of hydrogen-bond donors (Lipinski definition) is 2. The maximum Gasteiger partial charge on any atom is 0.259 e. The molecule has 0 bridgehead atoms. The van der Waals surface area contributed by atoms with Crippen molar-refractivity contribution < 1.29 is 14.3 Å². The van der Waals surface area contributed by atoms with Crippen LogP contribution in [0.15, 0.2) is 36.4 Å². The van der Waals surface area contributed by atoms with Gasteiger partial charge in [-0.05, 0) is 55.3 Å². The van der Waals surface area contributed by atoms with Crippen molar-refractivity contribution in [1.82, 2.24) is 0 Å². The Morgan fingerprint density at radius 3 is 2.36 bits per heavy atom. The molecule has 5 nitrogen and oxygen atoms in total. The van der Waals surface area contributed by atoms with E-state index in [0.29, 0.717) is 11.4 Å². The number of anilines is 1. The quantitative estimate of drug-likeness (QED) is 0.910. The second-order valence-corrected chi connectivity index (χ2v) is 5.03. The lowest BCUT2D eigenvalue weighted by molar-refractivity contribution is 0.1000. The number of primary amides is 1. The van der Waals surface area contributed by atoms with E-state index in [4.69, 9.17) is 10.5 Å². The Bertz CT molecular complexity index is 739. The molecule has 0 atom stereocenters. The van der Waals surface area contributed by atoms with Gasteiger partial charge in [-0.1, -0.05) is 6.07 Å². The Balaban J connectivity index is 2.33. The van der Waals surface area contributed by atoms with Crippen LogP contribution in [0.3, 0.4) is 0 Å². The second kappa shape index (κ2) is 6.30. The van der Waals surface area contributed by atoms with Gasteiger partial charge in [0.1, 0.15) is 5.75 Å². The van der Waals surface area contributed by atoms with E-state index >= 15 is 0 Å². The van der Waals surface area contributed by atoms with E-state index in [-0.39, 0.29) is 17.0 Å². The van der Waals surface area contributed by atoms with E-state index in [2.05, 4.69) is 5.32 Å². The standard InChI is InChI=1S/C17H18N2O3/c1-10-4-6-13(8-11(10)2)19-17(21)14-9-12(16(18)20)5-7-15(14)22-3/h4-9H,1-3H3,(H2,18,20)(H,19,21). The highest BCUT2D eigenvalue weighted by atomic mass is 16.5. The molecule has 22 heavy (non-hydrogen) atoms. The molecule has 2 aromatic carbocycles. The van der Waals surface area contributed by atoms with Crippen molar-refractivity contribution in [2.45, 2.75) is 13.8 Å². The first-order valence-corrected chi connectivity index (χ1v) is 6.79. The molecule has 2 aromatic rings. The number of nitrogens with two attached hydrogens (primary N) is 1. The Hall–Kier alpha value is -2.82. The fraction of sp³-hybridized carbons (Fsp3) is 0.176. The van der Waals surface area contributed by atoms with Crippen molar-refractivity contribution in [1.29, 1.82) is 0 Å². The number of ether oxygens (including phenoxy) is 1. The Morgan fingerprint density at radius 1 is 1.05 bits per heavy atom. The molecular formula is C17H18N2O3. The summed E-state index contributed by atoms with van der Waals surface area (Å²) in [5, 5.41) is 2.80. The van der Waals surface area contributed by atoms with Crippen LogP contribution >= 0.6 is 0 Å². The molecule has 2 rings (SSSR count). The van der Waals surface area contributed by atoms with E-state index < -0.39 is 5.91 Å². The molecule has 0 aliphatic carbocycles. The predicted octanol–water partition coefficient (Wildman–Crippen LogP) is 2.66. The summed E-state index contributed by atoms with van der Waals surface area (Å²) in [5.41, 5.74) is 8.67. The van der Waals surface area contributed by atoms with Crippen LogP contribution in [0.25, 0.3) is 0 Å². The van der Waals surface area contributed by atoms with E-state index in [1.165, 1.54) is 19.2 Å². The van der Waals surface area contributed by atoms with Gasteiger partial charge in [0.15, 0.2) is 0 Å². The van der Waals surface area contributed by atoms with Gasteiger partial charge in [-0.25, -0.2) is 0 Å². The number of carbonyl (C=O) groups is 2. The summed E-state index contributed by atoms with van der Waals surface area (Å²) in [6, 6.07) is 10.1. The van der Waals surface area contributed by atoms with Crippen LogP contribution in [0.5, 0.6) is 5.75 Å². The van der Waals surface area contributed by atoms with Crippen LogP contribution in [0.1, 0.15) is 31.8 Å². The van der Waals surface area contributed by atoms with Gasteiger partial charge in [-0.15, -0.1) is 0 Å². The number of rotatable bonds is 4. The minimum atomic E-state index is -0.595. The summed E-state index contributed by atoms with van der Waals surface area (Å²) in [5.74, 6) is -0.572. The lowest BCUT2D eigenvalue weighted by Gasteiger charge is -2.11. The molecule has 0 radical (unpaired) electrons. The van der Waals surface area contributed by atoms with Crippen LogP contribution in [0.4, 0.5) is 5.69 Å². The minimum absolute atomic E-state index is 0.256. The van der Waals surface area contributed by atoms with E-state index in [9.17, 15) is 9.59 Å². The van der Waals surface area contributed by atoms with Crippen molar-refractivity contribution in [3.05, 3.63) is 58.7 Å². The maximum atomic E-state index is 12.4. The largest absolute Gasteiger partial charge is 0.496 e. The average Bonchev–Trinajstić information content (AvgIpc) is 2.50. The van der Waals surface area contributed by atoms with Crippen molar-refractivity contribution in [2.75, 3.05) is 12.4 Å². The summed E-state index contributed by atoms with van der Waals surface area (Å²) in [7, 11) is 1.46. The molecule has 3 N–H and O–H groups in total. The van der Waals surface area contributed by atoms with Gasteiger partial charge in [-0.2, -0.15) is 0 Å². The van der Waals surface area contributed by atoms with Crippen LogP contribution in [0.2, 0.25) is 0 Å². The molecule has 0 heterocycles. The smallest absolute Gasteiger partial charge is 0.259 e. The number of aryl methyl sites for hydroxylation is 2. The van der Waals surface area contributed by atoms with Crippen LogP contribution in [-0.4, -0.2) is 18.9 Å². The summed E-state index contributed by atoms with van der Waals surface area (Å²) in [6.45, 7) is 3.97.